The van der Waals surface area contributed by atoms with Gasteiger partial charge >= 0.3 is 5.97 Å². The summed E-state index contributed by atoms with van der Waals surface area (Å²) in [4.78, 5) is 113. The molecular formula is C97H136N16O20. The third kappa shape index (κ3) is 28.8. The standard InChI is InChI=1S/C97H136N16O20/c1-62-18-11-10-12-19-63(2)81(123-8)54-75-26-23-68(7)97(122,133-75)90(119)93(120)112-31-15-13-22-77(112)94(121)131-82(55-78(114)64(3)49-67(6)88(117)89(118)87(116)66(5)48-62)65(4)50-69-24-27-80(83(52-69)124-9)130-60-70-20-17-21-71(51-70)73-56-101-96(102-57-73)110-35-33-109(34-36-110)58-74-59-111(108-106-74)37-39-126-41-43-128-45-47-129-46-44-127-42-40-125-38-29-84(115)100-30-14-16-32-113-92-85(91(98)103-61-104-92)86(107-113)72-25-28-79-76(53-72)105-95(99)132-79/h10-12,17-21,25,28,49,51,53,56-57,59,61-62,64-66,68-69,75,77,80-83,88-89,117-118,122H,13-16,22-24,26-27,29-48,50,52,54-55,58,60H2,1-9H3,(H2,99,105)(H,100,115)(H2,98,103,104)/b12-10?,18-11+,63-19?,67-49+/t62-,64-,65-,66-,68-,69+,75+,77+,80-,81+,82+,83-,88-,89+,97-/m1/s1. The van der Waals surface area contributed by atoms with Crippen LogP contribution in [0.2, 0.25) is 0 Å². The zero-order valence-electron chi connectivity index (χ0n) is 78.4. The lowest BCUT2D eigenvalue weighted by Crippen LogP contribution is -2.61. The largest absolute Gasteiger partial charge is 0.460 e. The maximum atomic E-state index is 14.8. The summed E-state index contributed by atoms with van der Waals surface area (Å²) in [5.74, 6) is -8.03. The van der Waals surface area contributed by atoms with Crippen LogP contribution in [0.25, 0.3) is 44.5 Å². The number of aromatic nitrogens is 10. The fraction of sp³-hybridized carbons (Fsp3) is 0.608. The van der Waals surface area contributed by atoms with Crippen LogP contribution in [0.15, 0.2) is 119 Å². The first kappa shape index (κ1) is 102. The molecule has 12 rings (SSSR count). The zero-order valence-corrected chi connectivity index (χ0v) is 78.4. The number of piperidine rings is 1. The number of piperazine rings is 1. The fourth-order valence-electron chi connectivity index (χ4n) is 18.1. The van der Waals surface area contributed by atoms with Crippen molar-refractivity contribution in [2.75, 3.05) is 136 Å². The number of hydrogen-bond acceptors (Lipinski definition) is 32. The van der Waals surface area contributed by atoms with Crippen molar-refractivity contribution < 1.29 is 95.9 Å². The summed E-state index contributed by atoms with van der Waals surface area (Å²) in [6.45, 7) is 22.2. The van der Waals surface area contributed by atoms with Gasteiger partial charge in [0.15, 0.2) is 17.0 Å². The van der Waals surface area contributed by atoms with E-state index in [1.54, 1.807) is 57.3 Å². The van der Waals surface area contributed by atoms with Gasteiger partial charge in [0, 0.05) is 133 Å². The van der Waals surface area contributed by atoms with Gasteiger partial charge in [-0.25, -0.2) is 34.1 Å². The Hall–Kier alpha value is -10.1. The van der Waals surface area contributed by atoms with Gasteiger partial charge in [0.05, 0.1) is 115 Å². The molecule has 7 aromatic rings. The molecule has 2 amide bonds. The fourth-order valence-corrected chi connectivity index (χ4v) is 18.1. The van der Waals surface area contributed by atoms with Crippen LogP contribution < -0.4 is 21.7 Å². The number of amides is 2. The Morgan fingerprint density at radius 3 is 2.20 bits per heavy atom. The highest BCUT2D eigenvalue weighted by molar-refractivity contribution is 6.39. The van der Waals surface area contributed by atoms with Crippen molar-refractivity contribution in [3.05, 3.63) is 126 Å². The van der Waals surface area contributed by atoms with Crippen LogP contribution in [0.1, 0.15) is 156 Å². The first-order valence-electron chi connectivity index (χ1n) is 47.1. The summed E-state index contributed by atoms with van der Waals surface area (Å²) in [7, 11) is 3.24. The summed E-state index contributed by atoms with van der Waals surface area (Å²) in [6, 6.07) is 12.5. The van der Waals surface area contributed by atoms with Gasteiger partial charge < -0.3 is 93.7 Å². The van der Waals surface area contributed by atoms with Crippen molar-refractivity contribution in [1.29, 1.82) is 0 Å². The predicted molar refractivity (Wildman–Crippen MR) is 496 cm³/mol. The average Bonchev–Trinajstić information content (AvgIpc) is 1.70. The first-order valence-corrected chi connectivity index (χ1v) is 47.1. The van der Waals surface area contributed by atoms with Crippen LogP contribution in [-0.2, 0) is 102 Å². The van der Waals surface area contributed by atoms with Crippen LogP contribution in [0.5, 0.6) is 0 Å². The number of cyclic esters (lactones) is 1. The number of methoxy groups -OCH3 is 2. The quantitative estimate of drug-likeness (QED) is 0.00921. The van der Waals surface area contributed by atoms with Gasteiger partial charge in [-0.3, -0.25) is 28.9 Å². The van der Waals surface area contributed by atoms with E-state index in [1.165, 1.54) is 17.3 Å². The molecule has 5 aromatic heterocycles. The Morgan fingerprint density at radius 1 is 0.729 bits per heavy atom. The number of allylic oxidation sites excluding steroid dienone is 6. The van der Waals surface area contributed by atoms with E-state index in [9.17, 15) is 44.1 Å². The Morgan fingerprint density at radius 2 is 1.47 bits per heavy atom. The molecule has 0 spiro atoms. The van der Waals surface area contributed by atoms with Gasteiger partial charge in [-0.05, 0) is 155 Å². The second kappa shape index (κ2) is 50.5. The highest BCUT2D eigenvalue weighted by Crippen LogP contribution is 2.40. The Kier molecular flexibility index (Phi) is 38.7. The third-order valence-electron chi connectivity index (χ3n) is 26.0. The number of unbranched alkanes of at least 4 members (excludes halogenated alkanes) is 1. The number of rotatable bonds is 36. The van der Waals surface area contributed by atoms with E-state index in [0.29, 0.717) is 183 Å². The van der Waals surface area contributed by atoms with Gasteiger partial charge in [-0.15, -0.1) is 5.10 Å². The SMILES string of the molecule is CO[C@H]1C[C@@H]2CC[C@@H](C)[C@@](O)(O2)C(=O)C(=O)N2CCCC[C@H]2C(=O)O[C@H]([C@H](C)C[C@@H]2CC[C@@H](OCc3cccc(-c4cnc(N5CCN(Cc6cn(CCOCCOCCOCCOCCOCCC(=O)NCCCCn7nc(-c8ccc9oc(N)nc9c8)c8c(N)ncnc87)nn6)CC5)nc4)c3)[C@H](OC)C2)CC(=O)[C@H](C)/C=C(\C)[C@@H](O)[C@@H](O)C(=O)[C@H](C)C[C@H](C)/C=C/C=CC=C1C. The number of esters is 1. The summed E-state index contributed by atoms with van der Waals surface area (Å²) in [6.07, 6.45) is 18.9. The number of nitrogen functional groups attached to an aromatic ring is 2. The van der Waals surface area contributed by atoms with Gasteiger partial charge in [0.2, 0.25) is 17.6 Å². The summed E-state index contributed by atoms with van der Waals surface area (Å²) in [5, 5.41) is 52.0. The first-order chi connectivity index (χ1) is 64.2. The van der Waals surface area contributed by atoms with Crippen LogP contribution in [0, 0.1) is 35.5 Å². The van der Waals surface area contributed by atoms with Crippen molar-refractivity contribution in [2.45, 2.75) is 226 Å². The molecule has 2 aromatic carbocycles. The smallest absolute Gasteiger partial charge is 0.329 e. The molecule has 1 saturated carbocycles. The monoisotopic (exact) mass is 1850 g/mol. The number of aliphatic hydroxyl groups excluding tert-OH is 2. The van der Waals surface area contributed by atoms with Crippen molar-refractivity contribution >= 4 is 75.0 Å². The minimum Gasteiger partial charge on any atom is -0.460 e. The van der Waals surface area contributed by atoms with Crippen LogP contribution in [0.4, 0.5) is 17.8 Å². The molecule has 5 aliphatic rings. The van der Waals surface area contributed by atoms with Crippen molar-refractivity contribution in [3.8, 4) is 22.4 Å². The van der Waals surface area contributed by atoms with Crippen LogP contribution in [-0.4, -0.2) is 284 Å². The second-order valence-corrected chi connectivity index (χ2v) is 36.0. The number of benzene rings is 2. The maximum absolute atomic E-state index is 14.8. The highest BCUT2D eigenvalue weighted by atomic mass is 16.6. The second-order valence-electron chi connectivity index (χ2n) is 36.0. The van der Waals surface area contributed by atoms with Crippen molar-refractivity contribution in [3.63, 3.8) is 0 Å². The number of nitrogens with two attached hydrogens (primary N) is 2. The number of ketones is 3. The Labute approximate surface area is 777 Å². The summed E-state index contributed by atoms with van der Waals surface area (Å²) >= 11 is 0. The van der Waals surface area contributed by atoms with E-state index in [1.807, 2.05) is 100 Å². The van der Waals surface area contributed by atoms with Gasteiger partial charge in [-0.2, -0.15) is 10.1 Å². The molecule has 8 N–H and O–H groups in total. The molecule has 36 heteroatoms. The molecular weight excluding hydrogens is 1710 g/mol. The molecule has 2 bridgehead atoms. The molecule has 0 radical (unpaired) electrons. The van der Waals surface area contributed by atoms with Gasteiger partial charge in [0.25, 0.3) is 17.7 Å². The lowest BCUT2D eigenvalue weighted by molar-refractivity contribution is -0.265. The van der Waals surface area contributed by atoms with Crippen LogP contribution >= 0.6 is 0 Å². The molecule has 1 aliphatic carbocycles. The molecule has 9 heterocycles. The number of nitrogens with one attached hydrogen (secondary N) is 1. The minimum absolute atomic E-state index is 0.0504. The molecule has 15 atom stereocenters. The number of aryl methyl sites for hydroxylation is 1. The molecule has 0 unspecified atom stereocenters. The number of Topliss-reactive ketones (excluding diaryl/α,β-unsaturated/α-hetero) is 3. The van der Waals surface area contributed by atoms with Gasteiger partial charge in [0.1, 0.15) is 53.5 Å². The number of hydrogen-bond donors (Lipinski definition) is 6. The molecule has 3 saturated heterocycles. The normalized spacial score (nSPS) is 26.0. The number of nitrogens with zero attached hydrogens (tertiary/aromatic N) is 13. The molecule has 133 heavy (non-hydrogen) atoms. The van der Waals surface area contributed by atoms with Gasteiger partial charge in [-0.1, -0.05) is 94.5 Å². The highest BCUT2D eigenvalue weighted by Gasteiger charge is 2.53. The van der Waals surface area contributed by atoms with Crippen LogP contribution in [0.3, 0.4) is 0 Å². The number of oxazole rings is 1. The van der Waals surface area contributed by atoms with E-state index in [0.717, 1.165) is 79.0 Å². The minimum atomic E-state index is -2.48. The summed E-state index contributed by atoms with van der Waals surface area (Å²) < 4.78 is 68.8. The Balaban J connectivity index is 0.522. The Bertz CT molecular complexity index is 5070. The van der Waals surface area contributed by atoms with E-state index < -0.39 is 89.5 Å². The average molecular weight is 1850 g/mol. The molecule has 4 aliphatic heterocycles. The maximum Gasteiger partial charge on any atom is 0.329 e. The van der Waals surface area contributed by atoms with E-state index in [2.05, 4.69) is 46.4 Å². The number of anilines is 3. The van der Waals surface area contributed by atoms with Crippen molar-refractivity contribution in [1.82, 2.24) is 64.8 Å². The molecule has 36 nitrogen and oxygen atoms in total. The number of carbonyl (C=O) groups is 6. The zero-order chi connectivity index (χ0) is 94.5. The lowest BCUT2D eigenvalue weighted by atomic mass is 9.78. The molecule has 4 fully saturated rings. The lowest BCUT2D eigenvalue weighted by Gasteiger charge is -2.42. The number of carbonyl (C=O) groups excluding carboxylic acids is 6. The van der Waals surface area contributed by atoms with E-state index in [4.69, 9.17) is 78.3 Å². The van der Waals surface area contributed by atoms with Crippen molar-refractivity contribution in [2.24, 2.45) is 35.5 Å². The topological polar surface area (TPSA) is 455 Å². The number of aliphatic hydroxyl groups is 3. The summed E-state index contributed by atoms with van der Waals surface area (Å²) in [5.41, 5.74) is 20.0. The predicted octanol–water partition coefficient (Wildman–Crippen LogP) is 9.30. The molecule has 724 valence electrons. The number of ether oxygens (including phenoxy) is 10. The van der Waals surface area contributed by atoms with E-state index >= 15 is 0 Å². The third-order valence-corrected chi connectivity index (χ3v) is 26.0. The number of fused-ring (bicyclic) bond motifs is 5. The van der Waals surface area contributed by atoms with E-state index in [-0.39, 0.29) is 86.2 Å².